The van der Waals surface area contributed by atoms with Crippen molar-refractivity contribution in [3.8, 4) is 0 Å². The van der Waals surface area contributed by atoms with Gasteiger partial charge in [0, 0.05) is 12.7 Å². The standard InChI is InChI=1S/C14H21N3O3/c1-10-12(14(20)16(2)9-13(18)19)8-15-17(10)11-6-4-3-5-7-11/h8,11H,3-7,9H2,1-2H3,(H,18,19). The Morgan fingerprint density at radius 1 is 1.40 bits per heavy atom. The molecule has 6 nitrogen and oxygen atoms in total. The van der Waals surface area contributed by atoms with E-state index in [0.717, 1.165) is 18.5 Å². The minimum atomic E-state index is -1.02. The Morgan fingerprint density at radius 2 is 2.05 bits per heavy atom. The highest BCUT2D eigenvalue weighted by Gasteiger charge is 2.23. The van der Waals surface area contributed by atoms with Gasteiger partial charge in [0.2, 0.25) is 0 Å². The normalized spacial score (nSPS) is 16.1. The van der Waals surface area contributed by atoms with Gasteiger partial charge in [-0.2, -0.15) is 5.10 Å². The third-order valence-corrected chi connectivity index (χ3v) is 3.91. The van der Waals surface area contributed by atoms with Gasteiger partial charge in [0.15, 0.2) is 0 Å². The lowest BCUT2D eigenvalue weighted by Gasteiger charge is -2.23. The van der Waals surface area contributed by atoms with E-state index < -0.39 is 5.97 Å². The SMILES string of the molecule is Cc1c(C(=O)N(C)CC(=O)O)cnn1C1CCCCC1. The quantitative estimate of drug-likeness (QED) is 0.912. The molecule has 0 aromatic carbocycles. The Kier molecular flexibility index (Phi) is 4.42. The summed E-state index contributed by atoms with van der Waals surface area (Å²) in [7, 11) is 1.49. The molecular weight excluding hydrogens is 258 g/mol. The molecule has 1 aromatic rings. The number of aromatic nitrogens is 2. The summed E-state index contributed by atoms with van der Waals surface area (Å²) in [6.45, 7) is 1.58. The fourth-order valence-electron chi connectivity index (χ4n) is 2.81. The van der Waals surface area contributed by atoms with Gasteiger partial charge in [-0.25, -0.2) is 0 Å². The topological polar surface area (TPSA) is 75.4 Å². The van der Waals surface area contributed by atoms with Crippen molar-refractivity contribution in [2.24, 2.45) is 0 Å². The fourth-order valence-corrected chi connectivity index (χ4v) is 2.81. The average molecular weight is 279 g/mol. The maximum atomic E-state index is 12.2. The summed E-state index contributed by atoms with van der Waals surface area (Å²) in [4.78, 5) is 24.1. The Bertz CT molecular complexity index is 504. The number of carbonyl (C=O) groups is 2. The lowest BCUT2D eigenvalue weighted by molar-refractivity contribution is -0.137. The van der Waals surface area contributed by atoms with E-state index in [-0.39, 0.29) is 12.5 Å². The van der Waals surface area contributed by atoms with Crippen LogP contribution in [0.2, 0.25) is 0 Å². The van der Waals surface area contributed by atoms with Gasteiger partial charge in [-0.1, -0.05) is 19.3 Å². The number of carbonyl (C=O) groups excluding carboxylic acids is 1. The number of rotatable bonds is 4. The van der Waals surface area contributed by atoms with E-state index >= 15 is 0 Å². The van der Waals surface area contributed by atoms with Crippen LogP contribution >= 0.6 is 0 Å². The zero-order chi connectivity index (χ0) is 14.7. The summed E-state index contributed by atoms with van der Waals surface area (Å²) < 4.78 is 1.93. The Morgan fingerprint density at radius 3 is 2.65 bits per heavy atom. The molecule has 0 radical (unpaired) electrons. The molecule has 1 N–H and O–H groups in total. The van der Waals surface area contributed by atoms with Crippen molar-refractivity contribution in [3.05, 3.63) is 17.5 Å². The molecular formula is C14H21N3O3. The first-order valence-electron chi connectivity index (χ1n) is 7.02. The number of hydrogen-bond donors (Lipinski definition) is 1. The summed E-state index contributed by atoms with van der Waals surface area (Å²) in [6.07, 6.45) is 7.43. The maximum Gasteiger partial charge on any atom is 0.323 e. The van der Waals surface area contributed by atoms with Gasteiger partial charge in [0.05, 0.1) is 17.8 Å². The van der Waals surface area contributed by atoms with Crippen LogP contribution in [0.3, 0.4) is 0 Å². The number of carboxylic acid groups (broad SMARTS) is 1. The molecule has 1 aliphatic carbocycles. The summed E-state index contributed by atoms with van der Waals surface area (Å²) in [5.41, 5.74) is 1.33. The van der Waals surface area contributed by atoms with Gasteiger partial charge < -0.3 is 10.0 Å². The van der Waals surface area contributed by atoms with Crippen LogP contribution in [0.1, 0.15) is 54.2 Å². The molecule has 1 aliphatic rings. The fraction of sp³-hybridized carbons (Fsp3) is 0.643. The van der Waals surface area contributed by atoms with E-state index in [0.29, 0.717) is 11.6 Å². The van der Waals surface area contributed by atoms with Crippen molar-refractivity contribution >= 4 is 11.9 Å². The smallest absolute Gasteiger partial charge is 0.323 e. The summed E-state index contributed by atoms with van der Waals surface area (Å²) >= 11 is 0. The number of likely N-dealkylation sites (N-methyl/N-ethyl adjacent to an activating group) is 1. The molecule has 20 heavy (non-hydrogen) atoms. The van der Waals surface area contributed by atoms with Gasteiger partial charge in [0.1, 0.15) is 6.54 Å². The van der Waals surface area contributed by atoms with Gasteiger partial charge in [-0.15, -0.1) is 0 Å². The highest BCUT2D eigenvalue weighted by molar-refractivity contribution is 5.96. The molecule has 0 saturated heterocycles. The average Bonchev–Trinajstić information content (AvgIpc) is 2.80. The Balaban J connectivity index is 2.15. The monoisotopic (exact) mass is 279 g/mol. The van der Waals surface area contributed by atoms with E-state index in [2.05, 4.69) is 5.10 Å². The van der Waals surface area contributed by atoms with E-state index in [1.807, 2.05) is 11.6 Å². The molecule has 6 heteroatoms. The largest absolute Gasteiger partial charge is 0.480 e. The number of aliphatic carboxylic acids is 1. The minimum Gasteiger partial charge on any atom is -0.480 e. The summed E-state index contributed by atoms with van der Waals surface area (Å²) in [5.74, 6) is -1.30. The molecule has 0 atom stereocenters. The first-order valence-corrected chi connectivity index (χ1v) is 7.02. The maximum absolute atomic E-state index is 12.2. The molecule has 1 aromatic heterocycles. The second-order valence-corrected chi connectivity index (χ2v) is 5.44. The van der Waals surface area contributed by atoms with Gasteiger partial charge in [-0.3, -0.25) is 14.3 Å². The molecule has 0 bridgehead atoms. The van der Waals surface area contributed by atoms with Crippen LogP contribution < -0.4 is 0 Å². The van der Waals surface area contributed by atoms with Gasteiger partial charge >= 0.3 is 5.97 Å². The number of nitrogens with zero attached hydrogens (tertiary/aromatic N) is 3. The number of hydrogen-bond acceptors (Lipinski definition) is 3. The minimum absolute atomic E-state index is 0.285. The third-order valence-electron chi connectivity index (χ3n) is 3.91. The Hall–Kier alpha value is -1.85. The molecule has 1 fully saturated rings. The predicted molar refractivity (Wildman–Crippen MR) is 73.7 cm³/mol. The first kappa shape index (κ1) is 14.6. The molecule has 1 saturated carbocycles. The van der Waals surface area contributed by atoms with E-state index in [1.54, 1.807) is 6.20 Å². The van der Waals surface area contributed by atoms with E-state index in [4.69, 9.17) is 5.11 Å². The zero-order valence-electron chi connectivity index (χ0n) is 12.0. The summed E-state index contributed by atoms with van der Waals surface area (Å²) in [5, 5.41) is 13.1. The highest BCUT2D eigenvalue weighted by Crippen LogP contribution is 2.29. The van der Waals surface area contributed by atoms with E-state index in [1.165, 1.54) is 31.2 Å². The van der Waals surface area contributed by atoms with Gasteiger partial charge in [0.25, 0.3) is 5.91 Å². The van der Waals surface area contributed by atoms with Gasteiger partial charge in [-0.05, 0) is 19.8 Å². The van der Waals surface area contributed by atoms with Crippen molar-refractivity contribution in [1.29, 1.82) is 0 Å². The third kappa shape index (κ3) is 3.00. The van der Waals surface area contributed by atoms with Crippen molar-refractivity contribution in [3.63, 3.8) is 0 Å². The van der Waals surface area contributed by atoms with Crippen LogP contribution in [0.15, 0.2) is 6.20 Å². The van der Waals surface area contributed by atoms with E-state index in [9.17, 15) is 9.59 Å². The number of carboxylic acids is 1. The zero-order valence-corrected chi connectivity index (χ0v) is 12.0. The van der Waals surface area contributed by atoms with Crippen LogP contribution in [-0.4, -0.2) is 45.3 Å². The molecule has 0 spiro atoms. The van der Waals surface area contributed by atoms with Crippen LogP contribution in [0, 0.1) is 6.92 Å². The van der Waals surface area contributed by atoms with Crippen molar-refractivity contribution in [2.75, 3.05) is 13.6 Å². The van der Waals surface area contributed by atoms with Crippen LogP contribution in [0.5, 0.6) is 0 Å². The van der Waals surface area contributed by atoms with Crippen molar-refractivity contribution < 1.29 is 14.7 Å². The number of amides is 1. The molecule has 2 rings (SSSR count). The Labute approximate surface area is 118 Å². The molecule has 1 amide bonds. The molecule has 0 aliphatic heterocycles. The predicted octanol–water partition coefficient (Wildman–Crippen LogP) is 1.85. The highest BCUT2D eigenvalue weighted by atomic mass is 16.4. The second-order valence-electron chi connectivity index (χ2n) is 5.44. The van der Waals surface area contributed by atoms with Crippen molar-refractivity contribution in [2.45, 2.75) is 45.1 Å². The first-order chi connectivity index (χ1) is 9.50. The molecule has 0 unspecified atom stereocenters. The van der Waals surface area contributed by atoms with Crippen molar-refractivity contribution in [1.82, 2.24) is 14.7 Å². The van der Waals surface area contributed by atoms with Crippen LogP contribution in [-0.2, 0) is 4.79 Å². The summed E-state index contributed by atoms with van der Waals surface area (Å²) in [6, 6.07) is 0.370. The van der Waals surface area contributed by atoms with Crippen LogP contribution in [0.4, 0.5) is 0 Å². The second kappa shape index (κ2) is 6.07. The lowest BCUT2D eigenvalue weighted by Crippen LogP contribution is -2.32. The molecule has 110 valence electrons. The molecule has 1 heterocycles. The lowest BCUT2D eigenvalue weighted by atomic mass is 9.95. The van der Waals surface area contributed by atoms with Crippen LogP contribution in [0.25, 0.3) is 0 Å².